The Morgan fingerprint density at radius 1 is 1.04 bits per heavy atom. The van der Waals surface area contributed by atoms with Gasteiger partial charge >= 0.3 is 6.03 Å². The fourth-order valence-electron chi connectivity index (χ4n) is 7.19. The first kappa shape index (κ1) is 34.2. The van der Waals surface area contributed by atoms with E-state index in [-0.39, 0.29) is 36.3 Å². The summed E-state index contributed by atoms with van der Waals surface area (Å²) in [6, 6.07) is 7.30. The van der Waals surface area contributed by atoms with E-state index in [0.29, 0.717) is 22.5 Å². The first-order valence-corrected chi connectivity index (χ1v) is 15.2. The number of urea groups is 1. The van der Waals surface area contributed by atoms with Gasteiger partial charge in [0.15, 0.2) is 17.1 Å². The third-order valence-electron chi connectivity index (χ3n) is 9.43. The Morgan fingerprint density at radius 2 is 1.69 bits per heavy atom. The molecule has 0 radical (unpaired) electrons. The summed E-state index contributed by atoms with van der Waals surface area (Å²) in [4.78, 5) is 63.2. The van der Waals surface area contributed by atoms with Crippen LogP contribution in [0.15, 0.2) is 47.2 Å². The number of carbonyl (C=O) groups excluding carboxylic acids is 4. The number of carbonyl (C=O) groups is 4. The zero-order valence-corrected chi connectivity index (χ0v) is 27.6. The van der Waals surface area contributed by atoms with Crippen molar-refractivity contribution in [1.82, 2.24) is 10.2 Å². The minimum Gasteiger partial charge on any atom is -0.508 e. The van der Waals surface area contributed by atoms with Crippen molar-refractivity contribution in [3.63, 3.8) is 0 Å². The predicted molar refractivity (Wildman–Crippen MR) is 178 cm³/mol. The lowest BCUT2D eigenvalue weighted by molar-refractivity contribution is -0.153. The molecule has 15 nitrogen and oxygen atoms in total. The molecule has 0 unspecified atom stereocenters. The van der Waals surface area contributed by atoms with Crippen molar-refractivity contribution >= 4 is 46.3 Å². The van der Waals surface area contributed by atoms with Gasteiger partial charge in [-0.2, -0.15) is 5.90 Å². The smallest absolute Gasteiger partial charge is 0.319 e. The molecular formula is C33H41N7O8. The number of hydrogen-bond acceptors (Lipinski definition) is 12. The van der Waals surface area contributed by atoms with Gasteiger partial charge in [-0.25, -0.2) is 4.79 Å². The van der Waals surface area contributed by atoms with Crippen molar-refractivity contribution in [2.75, 3.05) is 57.4 Å². The lowest BCUT2D eigenvalue weighted by Crippen LogP contribution is -2.65. The highest BCUT2D eigenvalue weighted by molar-refractivity contribution is 6.24. The summed E-state index contributed by atoms with van der Waals surface area (Å²) in [5.41, 5.74) is 4.82. The van der Waals surface area contributed by atoms with Gasteiger partial charge in [0.2, 0.25) is 5.78 Å². The maximum absolute atomic E-state index is 14.2. The highest BCUT2D eigenvalue weighted by Crippen LogP contribution is 2.54. The SMILES string of the molecule is CN(C)c1ccc(NC(=O)NCc2cc(N(C)C)c3c(c2ON)C(O)=C2C(=O)[C@]4(O)C(O)=C(C(N)=O)C(=O)[C@@H](N(C)C)[C@@H]4C[C@@H]2C3)cc1. The largest absolute Gasteiger partial charge is 0.508 e. The molecule has 4 atom stereocenters. The molecule has 48 heavy (non-hydrogen) atoms. The van der Waals surface area contributed by atoms with Crippen LogP contribution in [0.25, 0.3) is 5.76 Å². The molecule has 3 amide bonds. The minimum absolute atomic E-state index is 0.00352. The Morgan fingerprint density at radius 3 is 2.23 bits per heavy atom. The molecule has 15 heteroatoms. The number of nitrogens with two attached hydrogens (primary N) is 2. The van der Waals surface area contributed by atoms with Gasteiger partial charge in [-0.05, 0) is 68.8 Å². The van der Waals surface area contributed by atoms with Crippen LogP contribution in [-0.4, -0.2) is 97.7 Å². The molecule has 2 aromatic rings. The second-order valence-corrected chi connectivity index (χ2v) is 13.0. The normalized spacial score (nSPS) is 23.3. The molecule has 3 aliphatic rings. The Kier molecular flexibility index (Phi) is 8.90. The summed E-state index contributed by atoms with van der Waals surface area (Å²) < 4.78 is 0. The van der Waals surface area contributed by atoms with E-state index in [1.807, 2.05) is 31.1 Å². The summed E-state index contributed by atoms with van der Waals surface area (Å²) in [6.45, 7) is -0.0909. The average Bonchev–Trinajstić information content (AvgIpc) is 3.01. The molecule has 3 aliphatic carbocycles. The van der Waals surface area contributed by atoms with Crippen LogP contribution in [0.5, 0.6) is 5.75 Å². The van der Waals surface area contributed by atoms with Gasteiger partial charge in [0.25, 0.3) is 5.91 Å². The monoisotopic (exact) mass is 663 g/mol. The number of rotatable bonds is 8. The number of fused-ring (bicyclic) bond motifs is 3. The number of primary amides is 1. The van der Waals surface area contributed by atoms with E-state index in [9.17, 15) is 34.5 Å². The molecule has 0 spiro atoms. The summed E-state index contributed by atoms with van der Waals surface area (Å²) in [6.07, 6.45) is 0.173. The highest BCUT2D eigenvalue weighted by atomic mass is 16.6. The molecule has 0 aliphatic heterocycles. The molecule has 0 bridgehead atoms. The number of amides is 3. The molecule has 1 fully saturated rings. The Hall–Kier alpha value is -5.12. The van der Waals surface area contributed by atoms with E-state index in [4.69, 9.17) is 16.5 Å². The Labute approximate surface area is 277 Å². The molecule has 256 valence electrons. The molecule has 1 saturated carbocycles. The van der Waals surface area contributed by atoms with E-state index in [0.717, 1.165) is 5.69 Å². The maximum Gasteiger partial charge on any atom is 0.319 e. The predicted octanol–water partition coefficient (Wildman–Crippen LogP) is 0.965. The second-order valence-electron chi connectivity index (χ2n) is 13.0. The molecule has 2 aromatic carbocycles. The number of nitrogens with one attached hydrogen (secondary N) is 2. The summed E-state index contributed by atoms with van der Waals surface area (Å²) in [7, 11) is 10.5. The number of benzene rings is 2. The number of ketones is 2. The van der Waals surface area contributed by atoms with Gasteiger partial charge in [0.1, 0.15) is 17.1 Å². The number of aliphatic hydroxyl groups excluding tert-OH is 2. The van der Waals surface area contributed by atoms with Crippen LogP contribution < -0.4 is 36.9 Å². The fraction of sp³-hybridized carbons (Fsp3) is 0.394. The first-order valence-electron chi connectivity index (χ1n) is 15.2. The first-order chi connectivity index (χ1) is 22.5. The van der Waals surface area contributed by atoms with Crippen molar-refractivity contribution in [2.24, 2.45) is 23.5 Å². The number of hydrogen-bond donors (Lipinski definition) is 7. The number of nitrogens with zero attached hydrogens (tertiary/aromatic N) is 3. The van der Waals surface area contributed by atoms with E-state index < -0.39 is 64.1 Å². The van der Waals surface area contributed by atoms with Crippen molar-refractivity contribution < 1.29 is 39.3 Å². The van der Waals surface area contributed by atoms with Gasteiger partial charge in [-0.3, -0.25) is 19.3 Å². The fourth-order valence-corrected chi connectivity index (χ4v) is 7.19. The van der Waals surface area contributed by atoms with Gasteiger partial charge < -0.3 is 46.3 Å². The topological polar surface area (TPSA) is 224 Å². The van der Waals surface area contributed by atoms with E-state index in [1.54, 1.807) is 51.3 Å². The van der Waals surface area contributed by atoms with E-state index in [2.05, 4.69) is 10.6 Å². The molecule has 0 aromatic heterocycles. The van der Waals surface area contributed by atoms with Crippen LogP contribution in [0.2, 0.25) is 0 Å². The van der Waals surface area contributed by atoms with Gasteiger partial charge in [-0.1, -0.05) is 0 Å². The molecule has 0 saturated heterocycles. The van der Waals surface area contributed by atoms with Crippen LogP contribution in [0.1, 0.15) is 23.1 Å². The number of aliphatic hydroxyl groups is 3. The number of anilines is 3. The van der Waals surface area contributed by atoms with Gasteiger partial charge in [0, 0.05) is 68.9 Å². The lowest BCUT2D eigenvalue weighted by Gasteiger charge is -2.50. The minimum atomic E-state index is -2.72. The van der Waals surface area contributed by atoms with Crippen LogP contribution in [0.3, 0.4) is 0 Å². The van der Waals surface area contributed by atoms with Crippen LogP contribution in [0, 0.1) is 11.8 Å². The van der Waals surface area contributed by atoms with Crippen molar-refractivity contribution in [1.29, 1.82) is 0 Å². The zero-order valence-electron chi connectivity index (χ0n) is 27.6. The van der Waals surface area contributed by atoms with E-state index in [1.165, 1.54) is 4.90 Å². The summed E-state index contributed by atoms with van der Waals surface area (Å²) in [5.74, 6) is -0.957. The van der Waals surface area contributed by atoms with E-state index >= 15 is 0 Å². The molecule has 9 N–H and O–H groups in total. The molecule has 0 heterocycles. The summed E-state index contributed by atoms with van der Waals surface area (Å²) in [5, 5.41) is 40.3. The molecule has 5 rings (SSSR count). The quantitative estimate of drug-likeness (QED) is 0.155. The number of Topliss-reactive ketones (excluding diaryl/α,β-unsaturated/α-hetero) is 2. The van der Waals surface area contributed by atoms with Crippen molar-refractivity contribution in [3.05, 3.63) is 63.9 Å². The van der Waals surface area contributed by atoms with Crippen molar-refractivity contribution in [3.8, 4) is 5.75 Å². The Bertz CT molecular complexity index is 1770. The number of likely N-dealkylation sites (N-methyl/N-ethyl adjacent to an activating group) is 1. The Balaban J connectivity index is 1.56. The molecular weight excluding hydrogens is 622 g/mol. The zero-order chi connectivity index (χ0) is 35.4. The van der Waals surface area contributed by atoms with Crippen LogP contribution in [-0.2, 0) is 27.3 Å². The standard InChI is InChI=1S/C33H41N7O8/c1-38(2)18-9-7-17(8-10-18)37-32(46)36-14-16-13-21(39(3)4)19-11-15-12-20-25(40(5)6)27(42)24(31(34)45)30(44)33(20,47)29(43)22(15)26(41)23(19)28(16)48-35/h7-10,13,15,20,25,41,44,47H,11-12,14,35H2,1-6H3,(H2,34,45)(H2,36,37,46)/t15-,20-,25-,33-/m0/s1. The third kappa shape index (κ3) is 5.38. The lowest BCUT2D eigenvalue weighted by atomic mass is 9.57. The van der Waals surface area contributed by atoms with Gasteiger partial charge in [-0.15, -0.1) is 0 Å². The van der Waals surface area contributed by atoms with Crippen molar-refractivity contribution in [2.45, 2.75) is 31.0 Å². The maximum atomic E-state index is 14.2. The third-order valence-corrected chi connectivity index (χ3v) is 9.43. The second kappa shape index (κ2) is 12.5. The highest BCUT2D eigenvalue weighted by Gasteiger charge is 2.64. The van der Waals surface area contributed by atoms with Crippen LogP contribution >= 0.6 is 0 Å². The average molecular weight is 664 g/mol. The summed E-state index contributed by atoms with van der Waals surface area (Å²) >= 11 is 0. The van der Waals surface area contributed by atoms with Crippen LogP contribution in [0.4, 0.5) is 21.9 Å². The van der Waals surface area contributed by atoms with Gasteiger partial charge in [0.05, 0.1) is 11.6 Å².